The Morgan fingerprint density at radius 2 is 1.96 bits per heavy atom. The molecule has 0 atom stereocenters. The molecule has 0 unspecified atom stereocenters. The predicted molar refractivity (Wildman–Crippen MR) is 101 cm³/mol. The molecule has 132 valence electrons. The molecule has 8 heteroatoms. The zero-order valence-corrected chi connectivity index (χ0v) is 15.3. The largest absolute Gasteiger partial charge is 0.411 e. The topological polar surface area (TPSA) is 85.1 Å². The summed E-state index contributed by atoms with van der Waals surface area (Å²) in [5.41, 5.74) is 1.81. The Balaban J connectivity index is 1.58. The number of aromatic nitrogens is 2. The molecule has 26 heavy (non-hydrogen) atoms. The number of carbonyl (C=O) groups is 2. The first-order valence-corrected chi connectivity index (χ1v) is 9.01. The van der Waals surface area contributed by atoms with Gasteiger partial charge in [-0.05, 0) is 37.3 Å². The zero-order valence-electron chi connectivity index (χ0n) is 13.7. The van der Waals surface area contributed by atoms with Crippen LogP contribution >= 0.6 is 23.4 Å². The number of hydrogen-bond acceptors (Lipinski definition) is 6. The van der Waals surface area contributed by atoms with Crippen LogP contribution in [-0.4, -0.2) is 27.6 Å². The fourth-order valence-electron chi connectivity index (χ4n) is 2.15. The summed E-state index contributed by atoms with van der Waals surface area (Å²) < 4.78 is 5.53. The van der Waals surface area contributed by atoms with Gasteiger partial charge in [-0.3, -0.25) is 9.59 Å². The molecule has 1 amide bonds. The number of anilines is 1. The third-order valence-corrected chi connectivity index (χ3v) is 4.41. The number of carbonyl (C=O) groups excluding carboxylic acids is 2. The third-order valence-electron chi connectivity index (χ3n) is 3.36. The van der Waals surface area contributed by atoms with E-state index in [4.69, 9.17) is 16.0 Å². The maximum Gasteiger partial charge on any atom is 0.277 e. The molecule has 0 saturated carbocycles. The maximum atomic E-state index is 12.1. The van der Waals surface area contributed by atoms with Crippen LogP contribution in [0.15, 0.2) is 58.2 Å². The van der Waals surface area contributed by atoms with E-state index in [0.717, 1.165) is 11.8 Å². The van der Waals surface area contributed by atoms with Crippen LogP contribution < -0.4 is 5.32 Å². The minimum atomic E-state index is -0.238. The summed E-state index contributed by atoms with van der Waals surface area (Å²) in [4.78, 5) is 23.4. The average Bonchev–Trinajstić information content (AvgIpc) is 3.09. The van der Waals surface area contributed by atoms with E-state index in [1.807, 2.05) is 6.07 Å². The summed E-state index contributed by atoms with van der Waals surface area (Å²) in [6, 6.07) is 13.8. The highest BCUT2D eigenvalue weighted by molar-refractivity contribution is 7.99. The first-order chi connectivity index (χ1) is 12.5. The number of ketones is 1. The van der Waals surface area contributed by atoms with E-state index in [1.54, 1.807) is 42.5 Å². The molecule has 3 aromatic rings. The molecule has 1 N–H and O–H groups in total. The van der Waals surface area contributed by atoms with Crippen LogP contribution in [0.3, 0.4) is 0 Å². The number of nitrogens with one attached hydrogen (secondary N) is 1. The van der Waals surface area contributed by atoms with Gasteiger partial charge >= 0.3 is 0 Å². The molecular weight excluding hydrogens is 374 g/mol. The van der Waals surface area contributed by atoms with Gasteiger partial charge in [-0.1, -0.05) is 41.6 Å². The van der Waals surface area contributed by atoms with E-state index in [2.05, 4.69) is 15.5 Å². The van der Waals surface area contributed by atoms with Crippen LogP contribution in [0.1, 0.15) is 17.3 Å². The van der Waals surface area contributed by atoms with Crippen molar-refractivity contribution in [2.75, 3.05) is 11.1 Å². The van der Waals surface area contributed by atoms with Crippen molar-refractivity contribution in [3.05, 3.63) is 59.1 Å². The van der Waals surface area contributed by atoms with Crippen molar-refractivity contribution in [2.24, 2.45) is 0 Å². The Labute approximate surface area is 159 Å². The number of rotatable bonds is 6. The van der Waals surface area contributed by atoms with E-state index in [9.17, 15) is 9.59 Å². The molecule has 0 saturated heterocycles. The number of hydrogen-bond donors (Lipinski definition) is 1. The number of nitrogens with zero attached hydrogens (tertiary/aromatic N) is 2. The third kappa shape index (κ3) is 4.71. The van der Waals surface area contributed by atoms with Crippen molar-refractivity contribution in [3.8, 4) is 11.5 Å². The smallest absolute Gasteiger partial charge is 0.277 e. The first-order valence-electron chi connectivity index (χ1n) is 7.64. The normalized spacial score (nSPS) is 10.5. The number of benzene rings is 2. The molecule has 6 nitrogen and oxygen atoms in total. The lowest BCUT2D eigenvalue weighted by Gasteiger charge is -2.05. The van der Waals surface area contributed by atoms with Gasteiger partial charge in [0.25, 0.3) is 5.22 Å². The van der Waals surface area contributed by atoms with E-state index in [-0.39, 0.29) is 22.7 Å². The Morgan fingerprint density at radius 1 is 1.15 bits per heavy atom. The Kier molecular flexibility index (Phi) is 5.70. The van der Waals surface area contributed by atoms with Gasteiger partial charge in [0.05, 0.1) is 5.75 Å². The van der Waals surface area contributed by atoms with Crippen molar-refractivity contribution in [1.82, 2.24) is 10.2 Å². The molecule has 1 aromatic heterocycles. The van der Waals surface area contributed by atoms with Crippen LogP contribution in [0.4, 0.5) is 5.69 Å². The Hall–Kier alpha value is -2.64. The van der Waals surface area contributed by atoms with Crippen molar-refractivity contribution < 1.29 is 14.0 Å². The number of Topliss-reactive ketones (excluding diaryl/α,β-unsaturated/α-hetero) is 1. The number of halogens is 1. The molecule has 0 aliphatic carbocycles. The van der Waals surface area contributed by atoms with Gasteiger partial charge in [-0.2, -0.15) is 0 Å². The van der Waals surface area contributed by atoms with Crippen LogP contribution in [0.2, 0.25) is 5.02 Å². The van der Waals surface area contributed by atoms with E-state index < -0.39 is 0 Å². The molecule has 3 rings (SSSR count). The van der Waals surface area contributed by atoms with Gasteiger partial charge in [0.15, 0.2) is 5.78 Å². The van der Waals surface area contributed by atoms with Crippen molar-refractivity contribution in [1.29, 1.82) is 0 Å². The molecule has 0 bridgehead atoms. The van der Waals surface area contributed by atoms with Crippen LogP contribution in [0.5, 0.6) is 0 Å². The SMILES string of the molecule is CC(=O)c1cccc(NC(=O)CSc2nnc(-c3cccc(Cl)c3)o2)c1. The first kappa shape index (κ1) is 18.2. The molecule has 2 aromatic carbocycles. The average molecular weight is 388 g/mol. The standard InChI is InChI=1S/C18H14ClN3O3S/c1-11(23)12-4-3-7-15(9-12)20-16(24)10-26-18-22-21-17(25-18)13-5-2-6-14(19)8-13/h2-9H,10H2,1H3,(H,20,24). The summed E-state index contributed by atoms with van der Waals surface area (Å²) in [5.74, 6) is 0.138. The summed E-state index contributed by atoms with van der Waals surface area (Å²) in [7, 11) is 0. The molecule has 0 aliphatic heterocycles. The lowest BCUT2D eigenvalue weighted by molar-refractivity contribution is -0.113. The van der Waals surface area contributed by atoms with Gasteiger partial charge in [-0.25, -0.2) is 0 Å². The molecule has 0 fully saturated rings. The van der Waals surface area contributed by atoms with E-state index in [0.29, 0.717) is 27.7 Å². The predicted octanol–water partition coefficient (Wildman–Crippen LogP) is 4.32. The maximum absolute atomic E-state index is 12.1. The molecule has 0 spiro atoms. The van der Waals surface area contributed by atoms with Crippen LogP contribution in [0, 0.1) is 0 Å². The van der Waals surface area contributed by atoms with Crippen molar-refractivity contribution in [3.63, 3.8) is 0 Å². The number of amides is 1. The molecule has 0 aliphatic rings. The summed E-state index contributed by atoms with van der Waals surface area (Å²) in [6.45, 7) is 1.48. The van der Waals surface area contributed by atoms with Gasteiger partial charge in [-0.15, -0.1) is 10.2 Å². The second-order valence-electron chi connectivity index (χ2n) is 5.36. The van der Waals surface area contributed by atoms with E-state index in [1.165, 1.54) is 6.92 Å². The molecule has 0 radical (unpaired) electrons. The second-order valence-corrected chi connectivity index (χ2v) is 6.72. The Bertz CT molecular complexity index is 958. The minimum absolute atomic E-state index is 0.0603. The zero-order chi connectivity index (χ0) is 18.5. The van der Waals surface area contributed by atoms with E-state index >= 15 is 0 Å². The van der Waals surface area contributed by atoms with Gasteiger partial charge in [0, 0.05) is 21.8 Å². The van der Waals surface area contributed by atoms with Gasteiger partial charge < -0.3 is 9.73 Å². The summed E-state index contributed by atoms with van der Waals surface area (Å²) >= 11 is 7.07. The highest BCUT2D eigenvalue weighted by atomic mass is 35.5. The van der Waals surface area contributed by atoms with Crippen LogP contribution in [-0.2, 0) is 4.79 Å². The summed E-state index contributed by atoms with van der Waals surface area (Å²) in [5, 5.41) is 11.5. The minimum Gasteiger partial charge on any atom is -0.411 e. The van der Waals surface area contributed by atoms with Crippen LogP contribution in [0.25, 0.3) is 11.5 Å². The highest BCUT2D eigenvalue weighted by Gasteiger charge is 2.12. The van der Waals surface area contributed by atoms with Crippen molar-refractivity contribution >= 4 is 40.7 Å². The Morgan fingerprint density at radius 3 is 2.73 bits per heavy atom. The highest BCUT2D eigenvalue weighted by Crippen LogP contribution is 2.25. The van der Waals surface area contributed by atoms with Crippen molar-refractivity contribution in [2.45, 2.75) is 12.1 Å². The fourth-order valence-corrected chi connectivity index (χ4v) is 2.90. The molecule has 1 heterocycles. The quantitative estimate of drug-likeness (QED) is 0.500. The fraction of sp³-hybridized carbons (Fsp3) is 0.111. The summed E-state index contributed by atoms with van der Waals surface area (Å²) in [6.07, 6.45) is 0. The second kappa shape index (κ2) is 8.16. The lowest BCUT2D eigenvalue weighted by atomic mass is 10.1. The lowest BCUT2D eigenvalue weighted by Crippen LogP contribution is -2.14. The number of thioether (sulfide) groups is 1. The monoisotopic (exact) mass is 387 g/mol. The molecular formula is C18H14ClN3O3S. The van der Waals surface area contributed by atoms with Gasteiger partial charge in [0.2, 0.25) is 11.8 Å². The van der Waals surface area contributed by atoms with Gasteiger partial charge in [0.1, 0.15) is 0 Å².